The fourth-order valence-electron chi connectivity index (χ4n) is 2.98. The number of methoxy groups -OCH3 is 2. The molecular formula is C23H21N3O6. The van der Waals surface area contributed by atoms with Gasteiger partial charge in [0.1, 0.15) is 24.6 Å². The maximum Gasteiger partial charge on any atom is 0.329 e. The third kappa shape index (κ3) is 4.99. The van der Waals surface area contributed by atoms with Crippen LogP contribution in [0.25, 0.3) is 6.08 Å². The van der Waals surface area contributed by atoms with E-state index in [1.165, 1.54) is 20.3 Å². The van der Waals surface area contributed by atoms with Crippen LogP contribution in [-0.2, 0) is 9.59 Å². The second-order valence-electron chi connectivity index (χ2n) is 6.53. The molecule has 9 nitrogen and oxygen atoms in total. The molecule has 0 atom stereocenters. The van der Waals surface area contributed by atoms with Gasteiger partial charge in [-0.25, -0.2) is 9.69 Å². The van der Waals surface area contributed by atoms with Crippen LogP contribution in [-0.4, -0.2) is 50.1 Å². The van der Waals surface area contributed by atoms with Crippen LogP contribution < -0.4 is 24.8 Å². The average Bonchev–Trinajstić information content (AvgIpc) is 3.05. The number of nitrogens with one attached hydrogen (secondary N) is 2. The highest BCUT2D eigenvalue weighted by molar-refractivity contribution is 6.16. The minimum absolute atomic E-state index is 0.0273. The van der Waals surface area contributed by atoms with Gasteiger partial charge < -0.3 is 24.8 Å². The van der Waals surface area contributed by atoms with Gasteiger partial charge in [0.2, 0.25) is 5.91 Å². The molecule has 1 fully saturated rings. The van der Waals surface area contributed by atoms with Crippen molar-refractivity contribution in [1.29, 1.82) is 0 Å². The number of nitrogens with zero attached hydrogens (tertiary/aromatic N) is 1. The summed E-state index contributed by atoms with van der Waals surface area (Å²) in [4.78, 5) is 38.2. The molecule has 2 aromatic carbocycles. The second-order valence-corrected chi connectivity index (χ2v) is 6.53. The molecule has 4 amide bonds. The van der Waals surface area contributed by atoms with E-state index in [4.69, 9.17) is 20.6 Å². The van der Waals surface area contributed by atoms with Crippen LogP contribution in [0.3, 0.4) is 0 Å². The van der Waals surface area contributed by atoms with Gasteiger partial charge in [-0.05, 0) is 35.9 Å². The molecule has 2 N–H and O–H groups in total. The number of imide groups is 1. The molecule has 0 aromatic heterocycles. The number of ether oxygens (including phenoxy) is 3. The van der Waals surface area contributed by atoms with Gasteiger partial charge in [-0.1, -0.05) is 24.1 Å². The maximum absolute atomic E-state index is 12.7. The van der Waals surface area contributed by atoms with E-state index in [0.29, 0.717) is 28.5 Å². The van der Waals surface area contributed by atoms with E-state index in [9.17, 15) is 14.4 Å². The molecule has 0 unspecified atom stereocenters. The smallest absolute Gasteiger partial charge is 0.329 e. The lowest BCUT2D eigenvalue weighted by Gasteiger charge is -2.13. The Labute approximate surface area is 184 Å². The molecule has 32 heavy (non-hydrogen) atoms. The topological polar surface area (TPSA) is 106 Å². The Kier molecular flexibility index (Phi) is 6.98. The van der Waals surface area contributed by atoms with E-state index in [2.05, 4.69) is 16.6 Å². The summed E-state index contributed by atoms with van der Waals surface area (Å²) in [6.07, 6.45) is 6.68. The summed E-state index contributed by atoms with van der Waals surface area (Å²) >= 11 is 0. The minimum atomic E-state index is -0.697. The highest BCUT2D eigenvalue weighted by atomic mass is 16.5. The quantitative estimate of drug-likeness (QED) is 0.374. The summed E-state index contributed by atoms with van der Waals surface area (Å²) in [5.41, 5.74) is 1.04. The lowest BCUT2D eigenvalue weighted by Crippen LogP contribution is -2.38. The number of rotatable bonds is 8. The molecule has 0 aliphatic carbocycles. The molecule has 164 valence electrons. The van der Waals surface area contributed by atoms with E-state index in [0.717, 1.165) is 4.90 Å². The van der Waals surface area contributed by atoms with Crippen molar-refractivity contribution in [3.63, 3.8) is 0 Å². The highest BCUT2D eigenvalue weighted by Crippen LogP contribution is 2.29. The maximum atomic E-state index is 12.7. The standard InChI is InChI=1S/C23H21N3O6/c1-4-11-32-19-10-9-15(13-20(19)31-3)12-17-22(28)26(23(29)25-17)14-21(27)24-16-7-5-6-8-18(16)30-2/h1,5-10,12-13H,11,14H2,2-3H3,(H,24,27)(H,25,29)/b17-12+. The Morgan fingerprint density at radius 1 is 1.12 bits per heavy atom. The molecule has 2 aromatic rings. The lowest BCUT2D eigenvalue weighted by atomic mass is 10.1. The van der Waals surface area contributed by atoms with Crippen LogP contribution in [0, 0.1) is 12.3 Å². The van der Waals surface area contributed by atoms with Crippen molar-refractivity contribution >= 4 is 29.6 Å². The number of para-hydroxylation sites is 2. The van der Waals surface area contributed by atoms with Crippen molar-refractivity contribution in [1.82, 2.24) is 10.2 Å². The SMILES string of the molecule is C#CCOc1ccc(/C=C2/NC(=O)N(CC(=O)Nc3ccccc3OC)C2=O)cc1OC. The van der Waals surface area contributed by atoms with Crippen LogP contribution in [0.2, 0.25) is 0 Å². The highest BCUT2D eigenvalue weighted by Gasteiger charge is 2.35. The third-order valence-electron chi connectivity index (χ3n) is 4.45. The number of amides is 4. The largest absolute Gasteiger partial charge is 0.495 e. The van der Waals surface area contributed by atoms with Gasteiger partial charge >= 0.3 is 6.03 Å². The number of carbonyl (C=O) groups excluding carboxylic acids is 3. The monoisotopic (exact) mass is 435 g/mol. The molecule has 1 aliphatic rings. The predicted octanol–water partition coefficient (Wildman–Crippen LogP) is 2.25. The van der Waals surface area contributed by atoms with Crippen molar-refractivity contribution < 1.29 is 28.6 Å². The first kappa shape index (κ1) is 22.2. The Morgan fingerprint density at radius 3 is 2.59 bits per heavy atom. The van der Waals surface area contributed by atoms with Gasteiger partial charge in [0, 0.05) is 0 Å². The Bertz CT molecular complexity index is 1120. The summed E-state index contributed by atoms with van der Waals surface area (Å²) in [5.74, 6) is 2.52. The van der Waals surface area contributed by atoms with Gasteiger partial charge in [-0.2, -0.15) is 0 Å². The lowest BCUT2D eigenvalue weighted by molar-refractivity contribution is -0.127. The van der Waals surface area contributed by atoms with E-state index >= 15 is 0 Å². The Hall–Kier alpha value is -4.45. The van der Waals surface area contributed by atoms with E-state index in [1.807, 2.05) is 0 Å². The number of urea groups is 1. The number of hydrogen-bond donors (Lipinski definition) is 2. The Morgan fingerprint density at radius 2 is 1.88 bits per heavy atom. The van der Waals surface area contributed by atoms with Crippen LogP contribution in [0.4, 0.5) is 10.5 Å². The summed E-state index contributed by atoms with van der Waals surface area (Å²) in [6.45, 7) is -0.376. The van der Waals surface area contributed by atoms with Crippen molar-refractivity contribution in [2.24, 2.45) is 0 Å². The van der Waals surface area contributed by atoms with Crippen LogP contribution in [0.1, 0.15) is 5.56 Å². The van der Waals surface area contributed by atoms with Crippen molar-refractivity contribution in [2.45, 2.75) is 0 Å². The summed E-state index contributed by atoms with van der Waals surface area (Å²) in [6, 6.07) is 11.1. The van der Waals surface area contributed by atoms with Crippen LogP contribution in [0.5, 0.6) is 17.2 Å². The number of carbonyl (C=O) groups is 3. The Balaban J connectivity index is 1.72. The number of hydrogen-bond acceptors (Lipinski definition) is 6. The first-order valence-electron chi connectivity index (χ1n) is 9.48. The molecule has 0 bridgehead atoms. The van der Waals surface area contributed by atoms with Crippen LogP contribution in [0.15, 0.2) is 48.2 Å². The van der Waals surface area contributed by atoms with E-state index in [-0.39, 0.29) is 12.3 Å². The van der Waals surface area contributed by atoms with Crippen molar-refractivity contribution in [3.8, 4) is 29.6 Å². The normalized spacial score (nSPS) is 14.0. The second kappa shape index (κ2) is 10.0. The summed E-state index contributed by atoms with van der Waals surface area (Å²) < 4.78 is 15.8. The van der Waals surface area contributed by atoms with E-state index in [1.54, 1.807) is 42.5 Å². The molecule has 0 saturated carbocycles. The summed E-state index contributed by atoms with van der Waals surface area (Å²) in [5, 5.41) is 5.11. The first-order valence-corrected chi connectivity index (χ1v) is 9.48. The molecule has 9 heteroatoms. The summed E-state index contributed by atoms with van der Waals surface area (Å²) in [7, 11) is 2.95. The number of anilines is 1. The fourth-order valence-corrected chi connectivity index (χ4v) is 2.98. The van der Waals surface area contributed by atoms with Crippen molar-refractivity contribution in [3.05, 3.63) is 53.7 Å². The molecule has 0 spiro atoms. The molecule has 1 heterocycles. The number of benzene rings is 2. The minimum Gasteiger partial charge on any atom is -0.495 e. The van der Waals surface area contributed by atoms with Crippen LogP contribution >= 0.6 is 0 Å². The predicted molar refractivity (Wildman–Crippen MR) is 117 cm³/mol. The molecule has 3 rings (SSSR count). The first-order chi connectivity index (χ1) is 15.5. The average molecular weight is 435 g/mol. The van der Waals surface area contributed by atoms with Gasteiger partial charge in [0.25, 0.3) is 5.91 Å². The zero-order valence-electron chi connectivity index (χ0n) is 17.5. The molecular weight excluding hydrogens is 414 g/mol. The molecule has 0 radical (unpaired) electrons. The van der Waals surface area contributed by atoms with Gasteiger partial charge in [0.15, 0.2) is 11.5 Å². The fraction of sp³-hybridized carbons (Fsp3) is 0.174. The van der Waals surface area contributed by atoms with Gasteiger partial charge in [-0.3, -0.25) is 9.59 Å². The zero-order chi connectivity index (χ0) is 23.1. The number of terminal acetylenes is 1. The van der Waals surface area contributed by atoms with Crippen molar-refractivity contribution in [2.75, 3.05) is 32.7 Å². The van der Waals surface area contributed by atoms with Gasteiger partial charge in [-0.15, -0.1) is 6.42 Å². The molecule has 1 saturated heterocycles. The van der Waals surface area contributed by atoms with E-state index < -0.39 is 24.4 Å². The zero-order valence-corrected chi connectivity index (χ0v) is 17.5. The third-order valence-corrected chi connectivity index (χ3v) is 4.45. The van der Waals surface area contributed by atoms with Gasteiger partial charge in [0.05, 0.1) is 19.9 Å². The molecule has 1 aliphatic heterocycles.